The van der Waals surface area contributed by atoms with Gasteiger partial charge >= 0.3 is 0 Å². The van der Waals surface area contributed by atoms with Crippen LogP contribution in [-0.2, 0) is 0 Å². The van der Waals surface area contributed by atoms with E-state index in [1.807, 2.05) is 24.3 Å². The van der Waals surface area contributed by atoms with Crippen LogP contribution >= 0.6 is 0 Å². The average Bonchev–Trinajstić information content (AvgIpc) is 2.51. The minimum absolute atomic E-state index is 0.473. The number of nitrogens with one attached hydrogen (secondary N) is 1. The second kappa shape index (κ2) is 5.51. The van der Waals surface area contributed by atoms with Crippen LogP contribution in [-0.4, -0.2) is 9.97 Å². The largest absolute Gasteiger partial charge is 0.271 e. The van der Waals surface area contributed by atoms with E-state index in [0.29, 0.717) is 16.8 Å². The molecule has 3 N–H and O–H groups in total. The Labute approximate surface area is 119 Å². The van der Waals surface area contributed by atoms with E-state index in [-0.39, 0.29) is 0 Å². The van der Waals surface area contributed by atoms with Crippen molar-refractivity contribution in [2.24, 2.45) is 5.84 Å². The number of nitrogens with two attached hydrogens (primary N) is 1. The van der Waals surface area contributed by atoms with Gasteiger partial charge in [0.05, 0.1) is 29.0 Å². The quantitative estimate of drug-likeness (QED) is 0.573. The van der Waals surface area contributed by atoms with Crippen molar-refractivity contribution in [3.63, 3.8) is 0 Å². The number of halogens is 2. The van der Waals surface area contributed by atoms with Crippen molar-refractivity contribution in [1.29, 1.82) is 0 Å². The number of aromatic nitrogens is 2. The Balaban J connectivity index is 2.06. The van der Waals surface area contributed by atoms with Gasteiger partial charge in [-0.25, -0.2) is 19.2 Å². The summed E-state index contributed by atoms with van der Waals surface area (Å²) in [7, 11) is 0. The van der Waals surface area contributed by atoms with Crippen molar-refractivity contribution in [2.75, 3.05) is 0 Å². The molecule has 0 fully saturated rings. The Kier molecular flexibility index (Phi) is 3.55. The topological polar surface area (TPSA) is 63.8 Å². The van der Waals surface area contributed by atoms with E-state index in [4.69, 9.17) is 5.84 Å². The summed E-state index contributed by atoms with van der Waals surface area (Å²) in [6.45, 7) is 0. The van der Waals surface area contributed by atoms with Crippen LogP contribution in [0.5, 0.6) is 0 Å². The molecule has 0 saturated heterocycles. The maximum atomic E-state index is 13.4. The van der Waals surface area contributed by atoms with Crippen LogP contribution in [0.25, 0.3) is 11.0 Å². The number of benzene rings is 2. The van der Waals surface area contributed by atoms with Gasteiger partial charge in [-0.1, -0.05) is 18.2 Å². The summed E-state index contributed by atoms with van der Waals surface area (Å²) < 4.78 is 26.4. The highest BCUT2D eigenvalue weighted by Gasteiger charge is 2.16. The SMILES string of the molecule is NNC(c1ccc(F)c(F)c1)c1cnc2ccccc2n1. The lowest BCUT2D eigenvalue weighted by Gasteiger charge is -2.16. The average molecular weight is 286 g/mol. The van der Waals surface area contributed by atoms with Crippen LogP contribution in [0.1, 0.15) is 17.3 Å². The lowest BCUT2D eigenvalue weighted by molar-refractivity contribution is 0.503. The van der Waals surface area contributed by atoms with E-state index in [1.54, 1.807) is 6.20 Å². The molecular weight excluding hydrogens is 274 g/mol. The third-order valence-corrected chi connectivity index (χ3v) is 3.21. The van der Waals surface area contributed by atoms with Crippen LogP contribution in [0, 0.1) is 11.6 Å². The molecule has 0 aliphatic rings. The number of rotatable bonds is 3. The Morgan fingerprint density at radius 3 is 2.48 bits per heavy atom. The minimum atomic E-state index is -0.929. The third-order valence-electron chi connectivity index (χ3n) is 3.21. The highest BCUT2D eigenvalue weighted by Crippen LogP contribution is 2.22. The molecule has 1 atom stereocenters. The summed E-state index contributed by atoms with van der Waals surface area (Å²) in [4.78, 5) is 8.74. The maximum Gasteiger partial charge on any atom is 0.159 e. The summed E-state index contributed by atoms with van der Waals surface area (Å²) >= 11 is 0. The highest BCUT2D eigenvalue weighted by atomic mass is 19.2. The predicted octanol–water partition coefficient (Wildman–Crippen LogP) is 2.46. The molecule has 106 valence electrons. The zero-order valence-electron chi connectivity index (χ0n) is 10.9. The van der Waals surface area contributed by atoms with Crippen LogP contribution in [0.3, 0.4) is 0 Å². The van der Waals surface area contributed by atoms with E-state index in [0.717, 1.165) is 17.6 Å². The number of fused-ring (bicyclic) bond motifs is 1. The highest BCUT2D eigenvalue weighted by molar-refractivity contribution is 5.73. The fraction of sp³-hybridized carbons (Fsp3) is 0.0667. The number of para-hydroxylation sites is 2. The maximum absolute atomic E-state index is 13.4. The first kappa shape index (κ1) is 13.5. The molecular formula is C15H12F2N4. The fourth-order valence-electron chi connectivity index (χ4n) is 2.15. The Morgan fingerprint density at radius 1 is 1.00 bits per heavy atom. The predicted molar refractivity (Wildman–Crippen MR) is 75.1 cm³/mol. The van der Waals surface area contributed by atoms with Crippen molar-refractivity contribution >= 4 is 11.0 Å². The van der Waals surface area contributed by atoms with Crippen LogP contribution in [0.15, 0.2) is 48.7 Å². The van der Waals surface area contributed by atoms with Gasteiger partial charge in [-0.05, 0) is 29.8 Å². The lowest BCUT2D eigenvalue weighted by atomic mass is 10.0. The number of hydrogen-bond donors (Lipinski definition) is 2. The molecule has 21 heavy (non-hydrogen) atoms. The molecule has 0 saturated carbocycles. The standard InChI is InChI=1S/C15H12F2N4/c16-10-6-5-9(7-11(10)17)15(21-18)14-8-19-12-3-1-2-4-13(12)20-14/h1-8,15,21H,18H2. The van der Waals surface area contributed by atoms with Gasteiger partial charge in [0.25, 0.3) is 0 Å². The van der Waals surface area contributed by atoms with Crippen molar-refractivity contribution in [1.82, 2.24) is 15.4 Å². The summed E-state index contributed by atoms with van der Waals surface area (Å²) in [5.41, 5.74) is 5.02. The first-order valence-corrected chi connectivity index (χ1v) is 6.32. The molecule has 3 aromatic rings. The van der Waals surface area contributed by atoms with E-state index in [9.17, 15) is 8.78 Å². The van der Waals surface area contributed by atoms with Gasteiger partial charge in [0.15, 0.2) is 11.6 Å². The molecule has 2 aromatic carbocycles. The van der Waals surface area contributed by atoms with Gasteiger partial charge in [-0.3, -0.25) is 10.8 Å². The zero-order valence-corrected chi connectivity index (χ0v) is 10.9. The summed E-state index contributed by atoms with van der Waals surface area (Å²) in [5, 5.41) is 0. The van der Waals surface area contributed by atoms with E-state index in [1.165, 1.54) is 6.07 Å². The Hall–Kier alpha value is -2.44. The molecule has 0 aliphatic carbocycles. The Morgan fingerprint density at radius 2 is 1.76 bits per heavy atom. The third kappa shape index (κ3) is 2.58. The smallest absolute Gasteiger partial charge is 0.159 e. The fourth-order valence-corrected chi connectivity index (χ4v) is 2.15. The summed E-state index contributed by atoms with van der Waals surface area (Å²) in [5.74, 6) is 3.70. The second-order valence-corrected chi connectivity index (χ2v) is 4.56. The van der Waals surface area contributed by atoms with E-state index < -0.39 is 17.7 Å². The second-order valence-electron chi connectivity index (χ2n) is 4.56. The normalized spacial score (nSPS) is 12.5. The Bertz CT molecular complexity index is 791. The van der Waals surface area contributed by atoms with Crippen LogP contribution < -0.4 is 11.3 Å². The molecule has 3 rings (SSSR count). The first-order valence-electron chi connectivity index (χ1n) is 6.32. The number of hydrazine groups is 1. The van der Waals surface area contributed by atoms with Gasteiger partial charge in [0.1, 0.15) is 0 Å². The van der Waals surface area contributed by atoms with Crippen molar-refractivity contribution in [3.05, 3.63) is 71.6 Å². The monoisotopic (exact) mass is 286 g/mol. The first-order chi connectivity index (χ1) is 10.2. The summed E-state index contributed by atoms with van der Waals surface area (Å²) in [6.07, 6.45) is 1.56. The summed E-state index contributed by atoms with van der Waals surface area (Å²) in [6, 6.07) is 10.4. The van der Waals surface area contributed by atoms with Crippen molar-refractivity contribution in [2.45, 2.75) is 6.04 Å². The molecule has 1 unspecified atom stereocenters. The number of hydrogen-bond acceptors (Lipinski definition) is 4. The molecule has 0 radical (unpaired) electrons. The molecule has 0 bridgehead atoms. The van der Waals surface area contributed by atoms with Crippen LogP contribution in [0.2, 0.25) is 0 Å². The molecule has 1 aromatic heterocycles. The van der Waals surface area contributed by atoms with Crippen molar-refractivity contribution < 1.29 is 8.78 Å². The molecule has 1 heterocycles. The molecule has 0 amide bonds. The van der Waals surface area contributed by atoms with Gasteiger partial charge in [0, 0.05) is 0 Å². The molecule has 6 heteroatoms. The molecule has 4 nitrogen and oxygen atoms in total. The van der Waals surface area contributed by atoms with Crippen LogP contribution in [0.4, 0.5) is 8.78 Å². The van der Waals surface area contributed by atoms with Crippen molar-refractivity contribution in [3.8, 4) is 0 Å². The lowest BCUT2D eigenvalue weighted by Crippen LogP contribution is -2.29. The number of nitrogens with zero attached hydrogens (tertiary/aromatic N) is 2. The van der Waals surface area contributed by atoms with Gasteiger partial charge in [0.2, 0.25) is 0 Å². The molecule has 0 spiro atoms. The van der Waals surface area contributed by atoms with Gasteiger partial charge in [-0.15, -0.1) is 0 Å². The van der Waals surface area contributed by atoms with Gasteiger partial charge in [-0.2, -0.15) is 0 Å². The van der Waals surface area contributed by atoms with Gasteiger partial charge < -0.3 is 0 Å². The zero-order chi connectivity index (χ0) is 14.8. The van der Waals surface area contributed by atoms with E-state index >= 15 is 0 Å². The van der Waals surface area contributed by atoms with E-state index in [2.05, 4.69) is 15.4 Å². The molecule has 0 aliphatic heterocycles. The minimum Gasteiger partial charge on any atom is -0.271 e.